The van der Waals surface area contributed by atoms with E-state index in [1.165, 1.54) is 12.8 Å². The Morgan fingerprint density at radius 2 is 2.07 bits per heavy atom. The standard InChI is InChI=1S/C12H24N2O/c1-9(2)4-5-13-12(15)8-14-11-6-10(3)7-11/h9-11,14H,4-8H2,1-3H3,(H,13,15). The van der Waals surface area contributed by atoms with Gasteiger partial charge in [-0.05, 0) is 31.1 Å². The number of rotatable bonds is 6. The van der Waals surface area contributed by atoms with Crippen LogP contribution in [0.2, 0.25) is 0 Å². The Hall–Kier alpha value is -0.570. The van der Waals surface area contributed by atoms with Gasteiger partial charge in [-0.25, -0.2) is 0 Å². The molecule has 1 aliphatic carbocycles. The molecule has 3 nitrogen and oxygen atoms in total. The number of amides is 1. The lowest BCUT2D eigenvalue weighted by Crippen LogP contribution is -2.45. The number of carbonyl (C=O) groups excluding carboxylic acids is 1. The van der Waals surface area contributed by atoms with E-state index >= 15 is 0 Å². The van der Waals surface area contributed by atoms with Crippen LogP contribution in [0.3, 0.4) is 0 Å². The van der Waals surface area contributed by atoms with Crippen LogP contribution in [0.25, 0.3) is 0 Å². The minimum Gasteiger partial charge on any atom is -0.355 e. The maximum absolute atomic E-state index is 11.4. The molecule has 0 bridgehead atoms. The molecule has 88 valence electrons. The zero-order valence-electron chi connectivity index (χ0n) is 10.2. The number of nitrogens with one attached hydrogen (secondary N) is 2. The SMILES string of the molecule is CC(C)CCNC(=O)CNC1CC(C)C1. The molecule has 1 rings (SSSR count). The molecule has 0 saturated heterocycles. The first kappa shape index (κ1) is 12.5. The summed E-state index contributed by atoms with van der Waals surface area (Å²) in [5.41, 5.74) is 0. The van der Waals surface area contributed by atoms with E-state index in [1.807, 2.05) is 0 Å². The predicted molar refractivity (Wildman–Crippen MR) is 62.7 cm³/mol. The summed E-state index contributed by atoms with van der Waals surface area (Å²) < 4.78 is 0. The van der Waals surface area contributed by atoms with E-state index in [9.17, 15) is 4.79 Å². The van der Waals surface area contributed by atoms with Gasteiger partial charge in [0.1, 0.15) is 0 Å². The molecule has 0 aliphatic heterocycles. The van der Waals surface area contributed by atoms with Crippen molar-refractivity contribution in [2.24, 2.45) is 11.8 Å². The lowest BCUT2D eigenvalue weighted by molar-refractivity contribution is -0.120. The smallest absolute Gasteiger partial charge is 0.233 e. The molecule has 0 aromatic rings. The predicted octanol–water partition coefficient (Wildman–Crippen LogP) is 1.54. The van der Waals surface area contributed by atoms with Gasteiger partial charge in [-0.1, -0.05) is 20.8 Å². The summed E-state index contributed by atoms with van der Waals surface area (Å²) in [5.74, 6) is 1.63. The van der Waals surface area contributed by atoms with Crippen molar-refractivity contribution in [2.75, 3.05) is 13.1 Å². The van der Waals surface area contributed by atoms with Crippen molar-refractivity contribution >= 4 is 5.91 Å². The van der Waals surface area contributed by atoms with Gasteiger partial charge in [0.25, 0.3) is 0 Å². The van der Waals surface area contributed by atoms with E-state index in [0.717, 1.165) is 18.9 Å². The van der Waals surface area contributed by atoms with Crippen LogP contribution in [0, 0.1) is 11.8 Å². The molecule has 15 heavy (non-hydrogen) atoms. The number of hydrogen-bond donors (Lipinski definition) is 2. The second-order valence-corrected chi connectivity index (χ2v) is 5.19. The second-order valence-electron chi connectivity index (χ2n) is 5.19. The van der Waals surface area contributed by atoms with E-state index in [-0.39, 0.29) is 5.91 Å². The third kappa shape index (κ3) is 5.17. The average Bonchev–Trinajstić information content (AvgIpc) is 2.10. The van der Waals surface area contributed by atoms with Crippen LogP contribution < -0.4 is 10.6 Å². The summed E-state index contributed by atoms with van der Waals surface area (Å²) in [7, 11) is 0. The Bertz CT molecular complexity index is 198. The zero-order chi connectivity index (χ0) is 11.3. The van der Waals surface area contributed by atoms with Crippen molar-refractivity contribution in [1.82, 2.24) is 10.6 Å². The van der Waals surface area contributed by atoms with E-state index in [2.05, 4.69) is 31.4 Å². The summed E-state index contributed by atoms with van der Waals surface area (Å²) in [4.78, 5) is 11.4. The zero-order valence-corrected chi connectivity index (χ0v) is 10.2. The minimum absolute atomic E-state index is 0.134. The molecule has 0 aromatic carbocycles. The maximum atomic E-state index is 11.4. The van der Waals surface area contributed by atoms with Crippen LogP contribution in [0.15, 0.2) is 0 Å². The largest absolute Gasteiger partial charge is 0.355 e. The van der Waals surface area contributed by atoms with Gasteiger partial charge >= 0.3 is 0 Å². The van der Waals surface area contributed by atoms with Crippen LogP contribution in [-0.2, 0) is 4.79 Å². The molecule has 2 N–H and O–H groups in total. The summed E-state index contributed by atoms with van der Waals surface area (Å²) in [6, 6.07) is 0.579. The van der Waals surface area contributed by atoms with Crippen molar-refractivity contribution in [1.29, 1.82) is 0 Å². The molecule has 1 aliphatic rings. The van der Waals surface area contributed by atoms with Crippen molar-refractivity contribution in [3.05, 3.63) is 0 Å². The third-order valence-electron chi connectivity index (χ3n) is 2.97. The van der Waals surface area contributed by atoms with Crippen LogP contribution in [0.1, 0.15) is 40.0 Å². The number of carbonyl (C=O) groups is 1. The van der Waals surface area contributed by atoms with Gasteiger partial charge in [0.2, 0.25) is 5.91 Å². The Morgan fingerprint density at radius 1 is 1.40 bits per heavy atom. The third-order valence-corrected chi connectivity index (χ3v) is 2.97. The van der Waals surface area contributed by atoms with Gasteiger partial charge in [0.05, 0.1) is 6.54 Å². The first-order valence-corrected chi connectivity index (χ1v) is 6.08. The first-order valence-electron chi connectivity index (χ1n) is 6.08. The summed E-state index contributed by atoms with van der Waals surface area (Å²) in [6.07, 6.45) is 3.50. The van der Waals surface area contributed by atoms with E-state index < -0.39 is 0 Å². The Labute approximate surface area is 93.0 Å². The molecular formula is C12H24N2O. The van der Waals surface area contributed by atoms with E-state index in [1.54, 1.807) is 0 Å². The van der Waals surface area contributed by atoms with Gasteiger partial charge in [-0.3, -0.25) is 4.79 Å². The molecule has 0 spiro atoms. The fraction of sp³-hybridized carbons (Fsp3) is 0.917. The van der Waals surface area contributed by atoms with Crippen molar-refractivity contribution in [2.45, 2.75) is 46.1 Å². The Morgan fingerprint density at radius 3 is 2.60 bits per heavy atom. The number of hydrogen-bond acceptors (Lipinski definition) is 2. The van der Waals surface area contributed by atoms with E-state index in [0.29, 0.717) is 18.5 Å². The Kier molecular flexibility index (Phi) is 5.09. The highest BCUT2D eigenvalue weighted by Crippen LogP contribution is 2.25. The minimum atomic E-state index is 0.134. The molecule has 0 atom stereocenters. The fourth-order valence-electron chi connectivity index (χ4n) is 1.87. The topological polar surface area (TPSA) is 41.1 Å². The summed E-state index contributed by atoms with van der Waals surface area (Å²) >= 11 is 0. The molecule has 0 radical (unpaired) electrons. The first-order chi connectivity index (χ1) is 7.08. The van der Waals surface area contributed by atoms with Crippen molar-refractivity contribution in [3.63, 3.8) is 0 Å². The monoisotopic (exact) mass is 212 g/mol. The lowest BCUT2D eigenvalue weighted by Gasteiger charge is -2.33. The highest BCUT2D eigenvalue weighted by Gasteiger charge is 2.24. The van der Waals surface area contributed by atoms with Crippen LogP contribution in [0.4, 0.5) is 0 Å². The second kappa shape index (κ2) is 6.11. The van der Waals surface area contributed by atoms with Gasteiger partial charge in [0, 0.05) is 12.6 Å². The highest BCUT2D eigenvalue weighted by atomic mass is 16.1. The van der Waals surface area contributed by atoms with Crippen LogP contribution in [-0.4, -0.2) is 25.0 Å². The van der Waals surface area contributed by atoms with Gasteiger partial charge in [0.15, 0.2) is 0 Å². The molecule has 3 heteroatoms. The van der Waals surface area contributed by atoms with Gasteiger partial charge in [-0.2, -0.15) is 0 Å². The van der Waals surface area contributed by atoms with Gasteiger partial charge in [-0.15, -0.1) is 0 Å². The average molecular weight is 212 g/mol. The maximum Gasteiger partial charge on any atom is 0.233 e. The van der Waals surface area contributed by atoms with Crippen LogP contribution >= 0.6 is 0 Å². The van der Waals surface area contributed by atoms with Crippen molar-refractivity contribution < 1.29 is 4.79 Å². The van der Waals surface area contributed by atoms with Gasteiger partial charge < -0.3 is 10.6 Å². The highest BCUT2D eigenvalue weighted by molar-refractivity contribution is 5.77. The molecule has 1 saturated carbocycles. The summed E-state index contributed by atoms with van der Waals surface area (Å²) in [6.45, 7) is 7.87. The quantitative estimate of drug-likeness (QED) is 0.701. The fourth-order valence-corrected chi connectivity index (χ4v) is 1.87. The Balaban J connectivity index is 1.94. The summed E-state index contributed by atoms with van der Waals surface area (Å²) in [5, 5.41) is 6.20. The molecule has 0 unspecified atom stereocenters. The molecule has 1 fully saturated rings. The van der Waals surface area contributed by atoms with E-state index in [4.69, 9.17) is 0 Å². The molecular weight excluding hydrogens is 188 g/mol. The van der Waals surface area contributed by atoms with Crippen molar-refractivity contribution in [3.8, 4) is 0 Å². The lowest BCUT2D eigenvalue weighted by atomic mass is 9.82. The normalized spacial score (nSPS) is 25.1. The van der Waals surface area contributed by atoms with Crippen LogP contribution in [0.5, 0.6) is 0 Å². The molecule has 0 aromatic heterocycles. The molecule has 0 heterocycles. The molecule has 1 amide bonds.